The van der Waals surface area contributed by atoms with E-state index in [1.54, 1.807) is 0 Å². The zero-order valence-corrected chi connectivity index (χ0v) is 11.6. The lowest BCUT2D eigenvalue weighted by Crippen LogP contribution is -2.41. The van der Waals surface area contributed by atoms with Gasteiger partial charge in [0.15, 0.2) is 5.60 Å². The lowest BCUT2D eigenvalue weighted by atomic mass is 9.89. The lowest BCUT2D eigenvalue weighted by Gasteiger charge is -2.26. The van der Waals surface area contributed by atoms with E-state index in [9.17, 15) is 17.6 Å². The molecule has 2 rings (SSSR count). The van der Waals surface area contributed by atoms with Crippen molar-refractivity contribution in [2.24, 2.45) is 0 Å². The van der Waals surface area contributed by atoms with Crippen molar-refractivity contribution in [3.63, 3.8) is 0 Å². The van der Waals surface area contributed by atoms with Gasteiger partial charge in [-0.3, -0.25) is 0 Å². The lowest BCUT2D eigenvalue weighted by molar-refractivity contribution is -0.255. The van der Waals surface area contributed by atoms with Gasteiger partial charge < -0.3 is 9.47 Å². The number of methoxy groups -OCH3 is 1. The van der Waals surface area contributed by atoms with Crippen LogP contribution in [-0.2, 0) is 4.74 Å². The van der Waals surface area contributed by atoms with Crippen LogP contribution >= 0.6 is 11.6 Å². The highest BCUT2D eigenvalue weighted by atomic mass is 35.5. The van der Waals surface area contributed by atoms with Crippen LogP contribution in [0.15, 0.2) is 12.1 Å². The van der Waals surface area contributed by atoms with Gasteiger partial charge in [-0.15, -0.1) is 0 Å². The van der Waals surface area contributed by atoms with Crippen LogP contribution in [0.2, 0.25) is 5.02 Å². The molecule has 1 aromatic rings. The second kappa shape index (κ2) is 5.07. The maximum Gasteiger partial charge on any atom is 0.417 e. The first-order valence-corrected chi connectivity index (χ1v) is 6.30. The fraction of sp³-hybridized carbons (Fsp3) is 0.538. The van der Waals surface area contributed by atoms with Crippen molar-refractivity contribution in [2.45, 2.75) is 31.0 Å². The minimum absolute atomic E-state index is 0.0618. The van der Waals surface area contributed by atoms with Crippen LogP contribution in [0.5, 0.6) is 5.75 Å². The highest BCUT2D eigenvalue weighted by Gasteiger charge is 2.57. The van der Waals surface area contributed by atoms with E-state index in [0.717, 1.165) is 13.0 Å². The second-order valence-corrected chi connectivity index (χ2v) is 5.30. The smallest absolute Gasteiger partial charge is 0.417 e. The summed E-state index contributed by atoms with van der Waals surface area (Å²) < 4.78 is 62.0. The van der Waals surface area contributed by atoms with Crippen LogP contribution in [0.1, 0.15) is 24.8 Å². The standard InChI is InChI=1S/C13H13ClF4O2/c1-12(13(16,17)18)5-7(6-20-12)8-3-4-9(15)10(14)11(8)19-2/h3-4,7H,5-6H2,1-2H3/t7-,12?/m0/s1. The molecule has 1 aromatic carbocycles. The minimum Gasteiger partial charge on any atom is -0.495 e. The summed E-state index contributed by atoms with van der Waals surface area (Å²) in [5, 5.41) is -0.231. The van der Waals surface area contributed by atoms with Gasteiger partial charge in [-0.05, 0) is 19.4 Å². The Bertz CT molecular complexity index is 518. The van der Waals surface area contributed by atoms with Crippen molar-refractivity contribution in [2.75, 3.05) is 13.7 Å². The molecule has 1 heterocycles. The van der Waals surface area contributed by atoms with Gasteiger partial charge in [-0.2, -0.15) is 13.2 Å². The Balaban J connectivity index is 2.34. The topological polar surface area (TPSA) is 18.5 Å². The number of hydrogen-bond donors (Lipinski definition) is 0. The van der Waals surface area contributed by atoms with E-state index in [2.05, 4.69) is 0 Å². The molecule has 0 N–H and O–H groups in total. The number of halogens is 5. The first kappa shape index (κ1) is 15.4. The van der Waals surface area contributed by atoms with Crippen molar-refractivity contribution in [3.8, 4) is 5.75 Å². The Morgan fingerprint density at radius 2 is 2.05 bits per heavy atom. The van der Waals surface area contributed by atoms with E-state index in [4.69, 9.17) is 21.1 Å². The number of rotatable bonds is 2. The summed E-state index contributed by atoms with van der Waals surface area (Å²) in [5.41, 5.74) is -1.78. The molecule has 7 heteroatoms. The van der Waals surface area contributed by atoms with Gasteiger partial charge in [0.05, 0.1) is 13.7 Å². The molecule has 0 saturated carbocycles. The molecule has 112 valence electrons. The van der Waals surface area contributed by atoms with Gasteiger partial charge in [-0.25, -0.2) is 4.39 Å². The summed E-state index contributed by atoms with van der Waals surface area (Å²) >= 11 is 5.77. The molecule has 1 saturated heterocycles. The van der Waals surface area contributed by atoms with E-state index < -0.39 is 23.5 Å². The van der Waals surface area contributed by atoms with E-state index in [1.807, 2.05) is 0 Å². The van der Waals surface area contributed by atoms with Crippen molar-refractivity contribution < 1.29 is 27.0 Å². The van der Waals surface area contributed by atoms with Gasteiger partial charge in [0.25, 0.3) is 0 Å². The van der Waals surface area contributed by atoms with Crippen molar-refractivity contribution in [3.05, 3.63) is 28.5 Å². The predicted octanol–water partition coefficient (Wildman–Crippen LogP) is 4.31. The number of hydrogen-bond acceptors (Lipinski definition) is 2. The van der Waals surface area contributed by atoms with Crippen LogP contribution in [0, 0.1) is 5.82 Å². The molecule has 0 radical (unpaired) electrons. The fourth-order valence-corrected chi connectivity index (χ4v) is 2.60. The van der Waals surface area contributed by atoms with Gasteiger partial charge in [0, 0.05) is 11.5 Å². The first-order valence-electron chi connectivity index (χ1n) is 5.92. The minimum atomic E-state index is -4.46. The first-order chi connectivity index (χ1) is 9.19. The highest BCUT2D eigenvalue weighted by Crippen LogP contribution is 2.48. The van der Waals surface area contributed by atoms with Crippen LogP contribution in [0.25, 0.3) is 0 Å². The zero-order chi connectivity index (χ0) is 15.1. The molecule has 0 aliphatic carbocycles. The molecule has 0 amide bonds. The Morgan fingerprint density at radius 1 is 1.40 bits per heavy atom. The highest BCUT2D eigenvalue weighted by molar-refractivity contribution is 6.32. The third kappa shape index (κ3) is 2.46. The third-order valence-electron chi connectivity index (χ3n) is 3.56. The monoisotopic (exact) mass is 312 g/mol. The molecule has 1 unspecified atom stereocenters. The normalized spacial score (nSPS) is 26.9. The van der Waals surface area contributed by atoms with Gasteiger partial charge in [0.2, 0.25) is 0 Å². The summed E-state index contributed by atoms with van der Waals surface area (Å²) in [7, 11) is 1.29. The van der Waals surface area contributed by atoms with Crippen LogP contribution < -0.4 is 4.74 Å². The number of ether oxygens (including phenoxy) is 2. The Hall–Kier alpha value is -1.01. The second-order valence-electron chi connectivity index (χ2n) is 4.92. The SMILES string of the molecule is COc1c([C@@H]2COC(C)(C(F)(F)F)C2)ccc(F)c1Cl. The Morgan fingerprint density at radius 3 is 2.55 bits per heavy atom. The fourth-order valence-electron chi connectivity index (χ4n) is 2.35. The molecule has 1 fully saturated rings. The molecular formula is C13H13ClF4O2. The average molecular weight is 313 g/mol. The predicted molar refractivity (Wildman–Crippen MR) is 65.7 cm³/mol. The zero-order valence-electron chi connectivity index (χ0n) is 10.9. The molecule has 0 aromatic heterocycles. The Kier molecular flexibility index (Phi) is 3.90. The quantitative estimate of drug-likeness (QED) is 0.758. The van der Waals surface area contributed by atoms with Gasteiger partial charge in [-0.1, -0.05) is 17.7 Å². The third-order valence-corrected chi connectivity index (χ3v) is 3.92. The van der Waals surface area contributed by atoms with Gasteiger partial charge in [0.1, 0.15) is 16.6 Å². The molecule has 2 atom stereocenters. The average Bonchev–Trinajstić information content (AvgIpc) is 2.76. The van der Waals surface area contributed by atoms with E-state index in [0.29, 0.717) is 5.56 Å². The summed E-state index contributed by atoms with van der Waals surface area (Å²) in [5.74, 6) is -1.16. The molecule has 0 spiro atoms. The molecule has 1 aliphatic rings. The van der Waals surface area contributed by atoms with Crippen molar-refractivity contribution >= 4 is 11.6 Å². The molecule has 20 heavy (non-hydrogen) atoms. The van der Waals surface area contributed by atoms with Crippen LogP contribution in [0.3, 0.4) is 0 Å². The van der Waals surface area contributed by atoms with E-state index >= 15 is 0 Å². The van der Waals surface area contributed by atoms with E-state index in [-0.39, 0.29) is 23.8 Å². The van der Waals surface area contributed by atoms with Crippen molar-refractivity contribution in [1.29, 1.82) is 0 Å². The van der Waals surface area contributed by atoms with Crippen molar-refractivity contribution in [1.82, 2.24) is 0 Å². The molecule has 2 nitrogen and oxygen atoms in total. The maximum absolute atomic E-state index is 13.4. The molecule has 0 bridgehead atoms. The molecule has 1 aliphatic heterocycles. The van der Waals surface area contributed by atoms with Crippen LogP contribution in [0.4, 0.5) is 17.6 Å². The summed E-state index contributed by atoms with van der Waals surface area (Å²) in [6, 6.07) is 2.50. The number of alkyl halides is 3. The molecular weight excluding hydrogens is 300 g/mol. The largest absolute Gasteiger partial charge is 0.495 e. The summed E-state index contributed by atoms with van der Waals surface area (Å²) in [6.45, 7) is 0.888. The summed E-state index contributed by atoms with van der Waals surface area (Å²) in [4.78, 5) is 0. The van der Waals surface area contributed by atoms with E-state index in [1.165, 1.54) is 13.2 Å². The summed E-state index contributed by atoms with van der Waals surface area (Å²) in [6.07, 6.45) is -4.71. The van der Waals surface area contributed by atoms with Crippen LogP contribution in [-0.4, -0.2) is 25.5 Å². The number of benzene rings is 1. The van der Waals surface area contributed by atoms with Gasteiger partial charge >= 0.3 is 6.18 Å². The Labute approximate surface area is 118 Å². The maximum atomic E-state index is 13.4.